The number of rotatable bonds is 5. The van der Waals surface area contributed by atoms with Gasteiger partial charge in [-0.15, -0.1) is 10.2 Å². The SMILES string of the molecule is CC(NC(=O)COc1ccc(Cl)cc1)c1nn[nH]n1. The number of benzene rings is 1. The number of H-pyrrole nitrogens is 1. The standard InChI is InChI=1S/C11H12ClN5O2/c1-7(11-14-16-17-15-11)13-10(18)6-19-9-4-2-8(12)3-5-9/h2-5,7H,6H2,1H3,(H,13,18)(H,14,15,16,17). The molecule has 1 aromatic carbocycles. The molecule has 0 fully saturated rings. The van der Waals surface area contributed by atoms with Crippen LogP contribution in [0.5, 0.6) is 5.75 Å². The molecule has 100 valence electrons. The molecule has 2 aromatic rings. The molecule has 0 aliphatic rings. The van der Waals surface area contributed by atoms with Crippen LogP contribution in [0.1, 0.15) is 18.8 Å². The van der Waals surface area contributed by atoms with Crippen molar-refractivity contribution in [3.05, 3.63) is 35.1 Å². The molecule has 1 atom stereocenters. The average Bonchev–Trinajstić information content (AvgIpc) is 2.92. The maximum absolute atomic E-state index is 11.6. The molecule has 0 saturated carbocycles. The summed E-state index contributed by atoms with van der Waals surface area (Å²) in [6.45, 7) is 1.66. The predicted octanol–water partition coefficient (Wildman–Crippen LogP) is 1.11. The van der Waals surface area contributed by atoms with Crippen molar-refractivity contribution in [3.63, 3.8) is 0 Å². The predicted molar refractivity (Wildman–Crippen MR) is 67.7 cm³/mol. The number of hydrogen-bond acceptors (Lipinski definition) is 5. The Hall–Kier alpha value is -2.15. The van der Waals surface area contributed by atoms with Crippen molar-refractivity contribution in [3.8, 4) is 5.75 Å². The van der Waals surface area contributed by atoms with Gasteiger partial charge in [-0.1, -0.05) is 16.8 Å². The van der Waals surface area contributed by atoms with E-state index in [2.05, 4.69) is 25.9 Å². The van der Waals surface area contributed by atoms with Gasteiger partial charge in [0, 0.05) is 5.02 Å². The summed E-state index contributed by atoms with van der Waals surface area (Å²) in [6.07, 6.45) is 0. The number of hydrogen-bond donors (Lipinski definition) is 2. The van der Waals surface area contributed by atoms with Gasteiger partial charge in [-0.3, -0.25) is 4.79 Å². The number of ether oxygens (including phenoxy) is 1. The zero-order valence-electron chi connectivity index (χ0n) is 10.1. The van der Waals surface area contributed by atoms with Gasteiger partial charge in [0.05, 0.1) is 6.04 Å². The summed E-state index contributed by atoms with van der Waals surface area (Å²) in [6, 6.07) is 6.43. The van der Waals surface area contributed by atoms with Crippen molar-refractivity contribution in [2.45, 2.75) is 13.0 Å². The highest BCUT2D eigenvalue weighted by molar-refractivity contribution is 6.30. The van der Waals surface area contributed by atoms with Crippen LogP contribution in [0.3, 0.4) is 0 Å². The fourth-order valence-electron chi connectivity index (χ4n) is 1.38. The minimum Gasteiger partial charge on any atom is -0.484 e. The Labute approximate surface area is 114 Å². The van der Waals surface area contributed by atoms with Gasteiger partial charge in [-0.2, -0.15) is 5.21 Å². The largest absolute Gasteiger partial charge is 0.484 e. The van der Waals surface area contributed by atoms with E-state index in [9.17, 15) is 4.79 Å². The van der Waals surface area contributed by atoms with Crippen LogP contribution in [-0.2, 0) is 4.79 Å². The van der Waals surface area contributed by atoms with E-state index < -0.39 is 0 Å². The number of amides is 1. The number of aromatic amines is 1. The number of nitrogens with one attached hydrogen (secondary N) is 2. The molecule has 8 heteroatoms. The number of halogens is 1. The van der Waals surface area contributed by atoms with E-state index in [1.54, 1.807) is 31.2 Å². The highest BCUT2D eigenvalue weighted by Gasteiger charge is 2.13. The monoisotopic (exact) mass is 281 g/mol. The van der Waals surface area contributed by atoms with Gasteiger partial charge in [-0.25, -0.2) is 0 Å². The van der Waals surface area contributed by atoms with Gasteiger partial charge in [0.25, 0.3) is 5.91 Å². The molecular weight excluding hydrogens is 270 g/mol. The molecule has 1 unspecified atom stereocenters. The summed E-state index contributed by atoms with van der Waals surface area (Å²) < 4.78 is 5.31. The average molecular weight is 282 g/mol. The van der Waals surface area contributed by atoms with Gasteiger partial charge in [-0.05, 0) is 31.2 Å². The topological polar surface area (TPSA) is 92.8 Å². The third-order valence-electron chi connectivity index (χ3n) is 2.31. The molecule has 0 saturated heterocycles. The van der Waals surface area contributed by atoms with Crippen molar-refractivity contribution >= 4 is 17.5 Å². The van der Waals surface area contributed by atoms with Crippen LogP contribution in [0.4, 0.5) is 0 Å². The van der Waals surface area contributed by atoms with Crippen LogP contribution in [0, 0.1) is 0 Å². The third-order valence-corrected chi connectivity index (χ3v) is 2.56. The van der Waals surface area contributed by atoms with E-state index in [1.807, 2.05) is 0 Å². The van der Waals surface area contributed by atoms with E-state index in [1.165, 1.54) is 0 Å². The van der Waals surface area contributed by atoms with E-state index >= 15 is 0 Å². The van der Waals surface area contributed by atoms with E-state index in [4.69, 9.17) is 16.3 Å². The molecule has 0 radical (unpaired) electrons. The lowest BCUT2D eigenvalue weighted by Gasteiger charge is -2.10. The molecule has 2 rings (SSSR count). The lowest BCUT2D eigenvalue weighted by molar-refractivity contribution is -0.123. The highest BCUT2D eigenvalue weighted by atomic mass is 35.5. The normalized spacial score (nSPS) is 11.9. The Morgan fingerprint density at radius 1 is 1.47 bits per heavy atom. The Kier molecular flexibility index (Phi) is 4.30. The fraction of sp³-hybridized carbons (Fsp3) is 0.273. The number of nitrogens with zero attached hydrogens (tertiary/aromatic N) is 3. The Bertz CT molecular complexity index is 529. The Morgan fingerprint density at radius 2 is 2.21 bits per heavy atom. The van der Waals surface area contributed by atoms with Crippen molar-refractivity contribution < 1.29 is 9.53 Å². The smallest absolute Gasteiger partial charge is 0.258 e. The van der Waals surface area contributed by atoms with Crippen molar-refractivity contribution in [1.29, 1.82) is 0 Å². The van der Waals surface area contributed by atoms with Crippen LogP contribution in [-0.4, -0.2) is 33.1 Å². The minimum atomic E-state index is -0.333. The van der Waals surface area contributed by atoms with E-state index in [-0.39, 0.29) is 18.6 Å². The van der Waals surface area contributed by atoms with Crippen LogP contribution in [0.15, 0.2) is 24.3 Å². The second kappa shape index (κ2) is 6.14. The molecular formula is C11H12ClN5O2. The fourth-order valence-corrected chi connectivity index (χ4v) is 1.51. The van der Waals surface area contributed by atoms with Crippen LogP contribution in [0.25, 0.3) is 0 Å². The van der Waals surface area contributed by atoms with Crippen molar-refractivity contribution in [2.24, 2.45) is 0 Å². The molecule has 0 bridgehead atoms. The molecule has 19 heavy (non-hydrogen) atoms. The lowest BCUT2D eigenvalue weighted by Crippen LogP contribution is -2.31. The second-order valence-electron chi connectivity index (χ2n) is 3.80. The summed E-state index contributed by atoms with van der Waals surface area (Å²) in [5, 5.41) is 16.6. The summed E-state index contributed by atoms with van der Waals surface area (Å²) >= 11 is 5.74. The number of aromatic nitrogens is 4. The van der Waals surface area contributed by atoms with Gasteiger partial charge < -0.3 is 10.1 Å². The van der Waals surface area contributed by atoms with E-state index in [0.717, 1.165) is 0 Å². The number of tetrazole rings is 1. The number of carbonyl (C=O) groups excluding carboxylic acids is 1. The summed E-state index contributed by atoms with van der Waals surface area (Å²) in [4.78, 5) is 11.6. The quantitative estimate of drug-likeness (QED) is 0.856. The van der Waals surface area contributed by atoms with Crippen molar-refractivity contribution in [2.75, 3.05) is 6.61 Å². The molecule has 0 aliphatic carbocycles. The molecule has 1 aromatic heterocycles. The Morgan fingerprint density at radius 3 is 2.84 bits per heavy atom. The van der Waals surface area contributed by atoms with Crippen molar-refractivity contribution in [1.82, 2.24) is 25.9 Å². The first-order valence-corrected chi connectivity index (χ1v) is 5.94. The zero-order valence-corrected chi connectivity index (χ0v) is 10.9. The second-order valence-corrected chi connectivity index (χ2v) is 4.24. The molecule has 1 heterocycles. The van der Waals surface area contributed by atoms with E-state index in [0.29, 0.717) is 16.6 Å². The van der Waals surface area contributed by atoms with Gasteiger partial charge in [0.2, 0.25) is 0 Å². The summed E-state index contributed by atoms with van der Waals surface area (Å²) in [7, 11) is 0. The molecule has 0 aliphatic heterocycles. The highest BCUT2D eigenvalue weighted by Crippen LogP contribution is 2.15. The van der Waals surface area contributed by atoms with Gasteiger partial charge in [0.1, 0.15) is 5.75 Å². The Balaban J connectivity index is 1.80. The van der Waals surface area contributed by atoms with Crippen LogP contribution >= 0.6 is 11.6 Å². The minimum absolute atomic E-state index is 0.0934. The molecule has 0 spiro atoms. The number of carbonyl (C=O) groups is 1. The zero-order chi connectivity index (χ0) is 13.7. The van der Waals surface area contributed by atoms with Crippen LogP contribution < -0.4 is 10.1 Å². The van der Waals surface area contributed by atoms with Crippen LogP contribution in [0.2, 0.25) is 5.02 Å². The first-order valence-electron chi connectivity index (χ1n) is 5.56. The molecule has 2 N–H and O–H groups in total. The van der Waals surface area contributed by atoms with Gasteiger partial charge >= 0.3 is 0 Å². The molecule has 1 amide bonds. The van der Waals surface area contributed by atoms with Gasteiger partial charge in [0.15, 0.2) is 12.4 Å². The summed E-state index contributed by atoms with van der Waals surface area (Å²) in [5.74, 6) is 0.721. The maximum Gasteiger partial charge on any atom is 0.258 e. The third kappa shape index (κ3) is 3.92. The first-order chi connectivity index (χ1) is 9.15. The lowest BCUT2D eigenvalue weighted by atomic mass is 10.3. The first kappa shape index (κ1) is 13.3. The molecule has 7 nitrogen and oxygen atoms in total. The maximum atomic E-state index is 11.6. The summed E-state index contributed by atoms with van der Waals surface area (Å²) in [5.41, 5.74) is 0.